The zero-order valence-electron chi connectivity index (χ0n) is 13.8. The first-order valence-corrected chi connectivity index (χ1v) is 8.97. The molecule has 2 aliphatic rings. The third-order valence-electron chi connectivity index (χ3n) is 5.24. The van der Waals surface area contributed by atoms with Gasteiger partial charge in [0.05, 0.1) is 6.61 Å². The van der Waals surface area contributed by atoms with E-state index in [9.17, 15) is 4.79 Å². The predicted molar refractivity (Wildman–Crippen MR) is 91.1 cm³/mol. The third kappa shape index (κ3) is 4.96. The first-order chi connectivity index (χ1) is 11.2. The van der Waals surface area contributed by atoms with E-state index >= 15 is 0 Å². The van der Waals surface area contributed by atoms with Crippen molar-refractivity contribution in [1.29, 1.82) is 0 Å². The van der Waals surface area contributed by atoms with E-state index in [4.69, 9.17) is 5.11 Å². The van der Waals surface area contributed by atoms with Crippen molar-refractivity contribution in [3.63, 3.8) is 0 Å². The molecule has 0 saturated heterocycles. The van der Waals surface area contributed by atoms with Gasteiger partial charge in [-0.2, -0.15) is 0 Å². The molecule has 3 N–H and O–H groups in total. The number of aliphatic hydroxyl groups excluding tert-OH is 1. The Balaban J connectivity index is 1.35. The number of benzene rings is 1. The number of hydrogen-bond acceptors (Lipinski definition) is 2. The monoisotopic (exact) mass is 316 g/mol. The number of hydrogen-bond donors (Lipinski definition) is 3. The Morgan fingerprint density at radius 3 is 2.48 bits per heavy atom. The van der Waals surface area contributed by atoms with Gasteiger partial charge in [-0.25, -0.2) is 4.79 Å². The van der Waals surface area contributed by atoms with Gasteiger partial charge in [0.25, 0.3) is 0 Å². The van der Waals surface area contributed by atoms with Gasteiger partial charge in [-0.1, -0.05) is 37.1 Å². The Labute approximate surface area is 138 Å². The third-order valence-corrected chi connectivity index (χ3v) is 5.24. The van der Waals surface area contributed by atoms with Crippen LogP contribution in [0, 0.1) is 11.8 Å². The molecule has 2 fully saturated rings. The van der Waals surface area contributed by atoms with E-state index in [0.717, 1.165) is 30.2 Å². The van der Waals surface area contributed by atoms with E-state index in [1.165, 1.54) is 37.7 Å². The maximum Gasteiger partial charge on any atom is 0.315 e. The first-order valence-electron chi connectivity index (χ1n) is 8.97. The van der Waals surface area contributed by atoms with E-state index in [2.05, 4.69) is 10.6 Å². The fourth-order valence-electron chi connectivity index (χ4n) is 3.72. The molecule has 3 rings (SSSR count). The van der Waals surface area contributed by atoms with Crippen LogP contribution >= 0.6 is 0 Å². The molecule has 126 valence electrons. The quantitative estimate of drug-likeness (QED) is 0.755. The van der Waals surface area contributed by atoms with Crippen LogP contribution in [-0.4, -0.2) is 23.7 Å². The summed E-state index contributed by atoms with van der Waals surface area (Å²) in [6.45, 7) is 0.716. The fraction of sp³-hybridized carbons (Fsp3) is 0.632. The Kier molecular flexibility index (Phi) is 5.55. The van der Waals surface area contributed by atoms with Gasteiger partial charge in [-0.05, 0) is 55.1 Å². The molecule has 0 aromatic heterocycles. The topological polar surface area (TPSA) is 61.4 Å². The van der Waals surface area contributed by atoms with Crippen LogP contribution in [0.1, 0.15) is 49.7 Å². The van der Waals surface area contributed by atoms with Crippen LogP contribution in [0.5, 0.6) is 0 Å². The maximum atomic E-state index is 12.0. The largest absolute Gasteiger partial charge is 0.392 e. The molecule has 0 radical (unpaired) electrons. The molecule has 2 atom stereocenters. The molecule has 2 saturated carbocycles. The lowest BCUT2D eigenvalue weighted by Crippen LogP contribution is -2.44. The second-order valence-electron chi connectivity index (χ2n) is 7.09. The molecule has 0 heterocycles. The lowest BCUT2D eigenvalue weighted by atomic mass is 9.83. The molecule has 4 nitrogen and oxygen atoms in total. The Hall–Kier alpha value is -1.55. The van der Waals surface area contributed by atoms with E-state index in [0.29, 0.717) is 12.6 Å². The Morgan fingerprint density at radius 2 is 1.78 bits per heavy atom. The van der Waals surface area contributed by atoms with E-state index in [-0.39, 0.29) is 12.6 Å². The number of carbonyl (C=O) groups excluding carboxylic acids is 1. The predicted octanol–water partition coefficient (Wildman–Crippen LogP) is 2.99. The molecular weight excluding hydrogens is 288 g/mol. The molecule has 2 aliphatic carbocycles. The summed E-state index contributed by atoms with van der Waals surface area (Å²) in [5, 5.41) is 15.1. The van der Waals surface area contributed by atoms with E-state index < -0.39 is 0 Å². The minimum absolute atomic E-state index is 0.0292. The number of rotatable bonds is 6. The summed E-state index contributed by atoms with van der Waals surface area (Å²) in [5.74, 6) is 1.80. The second-order valence-corrected chi connectivity index (χ2v) is 7.09. The zero-order chi connectivity index (χ0) is 16.1. The summed E-state index contributed by atoms with van der Waals surface area (Å²) >= 11 is 0. The summed E-state index contributed by atoms with van der Waals surface area (Å²) in [4.78, 5) is 12.0. The smallest absolute Gasteiger partial charge is 0.315 e. The number of carbonyl (C=O) groups is 1. The van der Waals surface area contributed by atoms with Crippen molar-refractivity contribution in [3.05, 3.63) is 35.4 Å². The van der Waals surface area contributed by atoms with E-state index in [1.54, 1.807) is 0 Å². The highest BCUT2D eigenvalue weighted by Gasteiger charge is 2.34. The molecule has 1 aromatic carbocycles. The standard InChI is InChI=1S/C19H28N2O2/c22-13-15-6-4-14(5-7-15)10-11-20-19(23)21-18-3-1-2-17(12-18)16-8-9-16/h4-7,16-18,22H,1-3,8-13H2,(H2,20,21,23). The van der Waals surface area contributed by atoms with Crippen molar-refractivity contribution in [2.24, 2.45) is 11.8 Å². The van der Waals surface area contributed by atoms with Gasteiger partial charge in [0.1, 0.15) is 0 Å². The number of nitrogens with one attached hydrogen (secondary N) is 2. The van der Waals surface area contributed by atoms with Crippen LogP contribution in [0.15, 0.2) is 24.3 Å². The molecule has 1 aromatic rings. The van der Waals surface area contributed by atoms with Crippen LogP contribution in [0.2, 0.25) is 0 Å². The summed E-state index contributed by atoms with van der Waals surface area (Å²) in [6, 6.07) is 8.20. The summed E-state index contributed by atoms with van der Waals surface area (Å²) in [6.07, 6.45) is 8.52. The Morgan fingerprint density at radius 1 is 1.04 bits per heavy atom. The lowest BCUT2D eigenvalue weighted by Gasteiger charge is -2.29. The highest BCUT2D eigenvalue weighted by atomic mass is 16.3. The fourth-order valence-corrected chi connectivity index (χ4v) is 3.72. The molecule has 0 bridgehead atoms. The van der Waals surface area contributed by atoms with Gasteiger partial charge in [0, 0.05) is 12.6 Å². The average molecular weight is 316 g/mol. The van der Waals surface area contributed by atoms with Crippen LogP contribution in [0.25, 0.3) is 0 Å². The summed E-state index contributed by atoms with van der Waals surface area (Å²) < 4.78 is 0. The molecule has 23 heavy (non-hydrogen) atoms. The molecule has 4 heteroatoms. The summed E-state index contributed by atoms with van der Waals surface area (Å²) in [7, 11) is 0. The van der Waals surface area contributed by atoms with Gasteiger partial charge < -0.3 is 15.7 Å². The number of urea groups is 1. The molecule has 2 amide bonds. The van der Waals surface area contributed by atoms with Crippen LogP contribution < -0.4 is 10.6 Å². The van der Waals surface area contributed by atoms with Crippen LogP contribution in [0.4, 0.5) is 4.79 Å². The maximum absolute atomic E-state index is 12.0. The van der Waals surface area contributed by atoms with Crippen molar-refractivity contribution < 1.29 is 9.90 Å². The van der Waals surface area contributed by atoms with Gasteiger partial charge in [0.2, 0.25) is 0 Å². The minimum atomic E-state index is -0.0292. The van der Waals surface area contributed by atoms with E-state index in [1.807, 2.05) is 24.3 Å². The second kappa shape index (κ2) is 7.82. The van der Waals surface area contributed by atoms with Crippen molar-refractivity contribution in [3.8, 4) is 0 Å². The molecular formula is C19H28N2O2. The Bertz CT molecular complexity index is 511. The molecule has 2 unspecified atom stereocenters. The van der Waals surface area contributed by atoms with Gasteiger partial charge in [-0.15, -0.1) is 0 Å². The zero-order valence-corrected chi connectivity index (χ0v) is 13.8. The van der Waals surface area contributed by atoms with Crippen molar-refractivity contribution in [2.75, 3.05) is 6.54 Å². The number of amides is 2. The first kappa shape index (κ1) is 16.3. The van der Waals surface area contributed by atoms with Gasteiger partial charge >= 0.3 is 6.03 Å². The van der Waals surface area contributed by atoms with Crippen molar-refractivity contribution in [2.45, 2.75) is 57.6 Å². The van der Waals surface area contributed by atoms with Crippen LogP contribution in [-0.2, 0) is 13.0 Å². The SMILES string of the molecule is O=C(NCCc1ccc(CO)cc1)NC1CCCC(C2CC2)C1. The highest BCUT2D eigenvalue weighted by molar-refractivity contribution is 5.74. The van der Waals surface area contributed by atoms with Crippen LogP contribution in [0.3, 0.4) is 0 Å². The van der Waals surface area contributed by atoms with Crippen molar-refractivity contribution in [1.82, 2.24) is 10.6 Å². The normalized spacial score (nSPS) is 24.2. The highest BCUT2D eigenvalue weighted by Crippen LogP contribution is 2.43. The van der Waals surface area contributed by atoms with Crippen molar-refractivity contribution >= 4 is 6.03 Å². The minimum Gasteiger partial charge on any atom is -0.392 e. The number of aliphatic hydroxyl groups is 1. The average Bonchev–Trinajstić information content (AvgIpc) is 3.41. The molecule has 0 aliphatic heterocycles. The summed E-state index contributed by atoms with van der Waals surface area (Å²) in [5.41, 5.74) is 2.09. The van der Waals surface area contributed by atoms with Gasteiger partial charge in [-0.3, -0.25) is 0 Å². The molecule has 0 spiro atoms. The lowest BCUT2D eigenvalue weighted by molar-refractivity contribution is 0.221. The van der Waals surface area contributed by atoms with Gasteiger partial charge in [0.15, 0.2) is 0 Å².